The molecule has 118 valence electrons. The smallest absolute Gasteiger partial charge is 0.149 e. The molecule has 2 aliphatic rings. The van der Waals surface area contributed by atoms with Crippen LogP contribution in [0.2, 0.25) is 0 Å². The number of nitrogens with zero attached hydrogens (tertiary/aromatic N) is 5. The number of piperidine rings is 1. The third kappa shape index (κ3) is 2.81. The molecule has 1 saturated heterocycles. The first kappa shape index (κ1) is 14.6. The first-order valence-electron chi connectivity index (χ1n) is 8.28. The summed E-state index contributed by atoms with van der Waals surface area (Å²) in [6.07, 6.45) is 10.4. The predicted octanol–water partition coefficient (Wildman–Crippen LogP) is 3.07. The molecule has 2 aromatic rings. The number of fused-ring (bicyclic) bond motifs is 1. The van der Waals surface area contributed by atoms with Crippen LogP contribution in [0.15, 0.2) is 12.5 Å². The van der Waals surface area contributed by atoms with Crippen LogP contribution in [0.3, 0.4) is 0 Å². The number of rotatable bonds is 2. The van der Waals surface area contributed by atoms with Crippen molar-refractivity contribution in [3.8, 4) is 6.07 Å². The second-order valence-electron chi connectivity index (χ2n) is 6.29. The number of hydrogen-bond donors (Lipinski definition) is 0. The van der Waals surface area contributed by atoms with E-state index in [4.69, 9.17) is 4.98 Å². The maximum absolute atomic E-state index is 9.28. The molecule has 0 radical (unpaired) electrons. The molecule has 4 rings (SSSR count). The van der Waals surface area contributed by atoms with E-state index in [-0.39, 0.29) is 0 Å². The van der Waals surface area contributed by atoms with E-state index >= 15 is 0 Å². The van der Waals surface area contributed by atoms with Crippen LogP contribution in [0.25, 0.3) is 0 Å². The highest BCUT2D eigenvalue weighted by Gasteiger charge is 2.27. The Morgan fingerprint density at radius 2 is 2.17 bits per heavy atom. The molecule has 1 aliphatic carbocycles. The minimum Gasteiger partial charge on any atom is -0.355 e. The van der Waals surface area contributed by atoms with E-state index in [0.29, 0.717) is 11.5 Å². The van der Waals surface area contributed by atoms with Gasteiger partial charge in [0.2, 0.25) is 0 Å². The number of aromatic nitrogens is 3. The molecule has 5 nitrogen and oxygen atoms in total. The first-order chi connectivity index (χ1) is 11.3. The highest BCUT2D eigenvalue weighted by molar-refractivity contribution is 7.11. The van der Waals surface area contributed by atoms with Gasteiger partial charge in [0.25, 0.3) is 0 Å². The van der Waals surface area contributed by atoms with Crippen molar-refractivity contribution in [3.63, 3.8) is 0 Å². The van der Waals surface area contributed by atoms with Gasteiger partial charge in [-0.1, -0.05) is 0 Å². The molecule has 1 aliphatic heterocycles. The lowest BCUT2D eigenvalue weighted by Crippen LogP contribution is -2.35. The Morgan fingerprint density at radius 1 is 1.26 bits per heavy atom. The van der Waals surface area contributed by atoms with Crippen LogP contribution < -0.4 is 4.90 Å². The molecule has 0 unspecified atom stereocenters. The van der Waals surface area contributed by atoms with Crippen molar-refractivity contribution < 1.29 is 0 Å². The molecule has 3 heterocycles. The molecular weight excluding hydrogens is 306 g/mol. The molecule has 0 spiro atoms. The van der Waals surface area contributed by atoms with Crippen LogP contribution in [0, 0.1) is 11.3 Å². The number of anilines is 1. The molecule has 0 amide bonds. The summed E-state index contributed by atoms with van der Waals surface area (Å²) in [7, 11) is 0. The van der Waals surface area contributed by atoms with Crippen molar-refractivity contribution in [2.24, 2.45) is 0 Å². The van der Waals surface area contributed by atoms with Gasteiger partial charge in [-0.05, 0) is 38.5 Å². The van der Waals surface area contributed by atoms with Crippen LogP contribution in [0.1, 0.15) is 52.7 Å². The number of aryl methyl sites for hydroxylation is 2. The monoisotopic (exact) mass is 325 g/mol. The molecule has 1 atom stereocenters. The van der Waals surface area contributed by atoms with Gasteiger partial charge < -0.3 is 4.90 Å². The maximum atomic E-state index is 9.28. The summed E-state index contributed by atoms with van der Waals surface area (Å²) in [4.78, 5) is 17.0. The molecule has 6 heteroatoms. The fourth-order valence-electron chi connectivity index (χ4n) is 3.57. The zero-order valence-electron chi connectivity index (χ0n) is 13.0. The number of hydrogen-bond acceptors (Lipinski definition) is 6. The van der Waals surface area contributed by atoms with E-state index in [1.807, 2.05) is 11.3 Å². The van der Waals surface area contributed by atoms with E-state index in [2.05, 4.69) is 20.9 Å². The highest BCUT2D eigenvalue weighted by Crippen LogP contribution is 2.35. The highest BCUT2D eigenvalue weighted by atomic mass is 32.1. The van der Waals surface area contributed by atoms with Crippen molar-refractivity contribution in [1.29, 1.82) is 5.26 Å². The lowest BCUT2D eigenvalue weighted by molar-refractivity contribution is 0.504. The summed E-state index contributed by atoms with van der Waals surface area (Å²) in [5.41, 5.74) is 1.90. The van der Waals surface area contributed by atoms with Gasteiger partial charge >= 0.3 is 0 Å². The topological polar surface area (TPSA) is 65.7 Å². The van der Waals surface area contributed by atoms with Gasteiger partial charge in [-0.3, -0.25) is 0 Å². The van der Waals surface area contributed by atoms with Crippen LogP contribution >= 0.6 is 11.3 Å². The molecule has 0 aromatic carbocycles. The first-order valence-corrected chi connectivity index (χ1v) is 9.10. The van der Waals surface area contributed by atoms with Gasteiger partial charge in [-0.25, -0.2) is 15.0 Å². The average Bonchev–Trinajstić information content (AvgIpc) is 3.06. The van der Waals surface area contributed by atoms with Crippen LogP contribution in [0.4, 0.5) is 5.82 Å². The number of nitriles is 1. The molecular formula is C17H19N5S. The molecule has 0 N–H and O–H groups in total. The van der Waals surface area contributed by atoms with Crippen molar-refractivity contribution >= 4 is 17.2 Å². The summed E-state index contributed by atoms with van der Waals surface area (Å²) in [5.74, 6) is 1.23. The van der Waals surface area contributed by atoms with E-state index in [1.54, 1.807) is 6.20 Å². The Labute approximate surface area is 140 Å². The van der Waals surface area contributed by atoms with Gasteiger partial charge in [0, 0.05) is 23.9 Å². The minimum atomic E-state index is 0.459. The van der Waals surface area contributed by atoms with Gasteiger partial charge in [-0.15, -0.1) is 11.3 Å². The molecule has 0 bridgehead atoms. The Balaban J connectivity index is 1.57. The minimum absolute atomic E-state index is 0.459. The second-order valence-corrected chi connectivity index (χ2v) is 7.40. The third-order valence-corrected chi connectivity index (χ3v) is 6.06. The lowest BCUT2D eigenvalue weighted by Gasteiger charge is -2.32. The Kier molecular flexibility index (Phi) is 3.96. The zero-order chi connectivity index (χ0) is 15.6. The summed E-state index contributed by atoms with van der Waals surface area (Å²) >= 11 is 1.91. The van der Waals surface area contributed by atoms with Gasteiger partial charge in [-0.2, -0.15) is 5.26 Å². The zero-order valence-corrected chi connectivity index (χ0v) is 13.8. The fraction of sp³-hybridized carbons (Fsp3) is 0.529. The molecule has 0 saturated carbocycles. The third-order valence-electron chi connectivity index (χ3n) is 4.74. The van der Waals surface area contributed by atoms with Crippen molar-refractivity contribution in [1.82, 2.24) is 15.0 Å². The normalized spacial score (nSPS) is 20.8. The van der Waals surface area contributed by atoms with Gasteiger partial charge in [0.1, 0.15) is 23.8 Å². The van der Waals surface area contributed by atoms with Crippen molar-refractivity contribution in [2.75, 3.05) is 18.0 Å². The van der Waals surface area contributed by atoms with Gasteiger partial charge in [0.05, 0.1) is 16.9 Å². The van der Waals surface area contributed by atoms with Crippen LogP contribution in [-0.2, 0) is 12.8 Å². The van der Waals surface area contributed by atoms with E-state index < -0.39 is 0 Å². The van der Waals surface area contributed by atoms with E-state index in [9.17, 15) is 5.26 Å². The summed E-state index contributed by atoms with van der Waals surface area (Å²) in [6.45, 7) is 1.85. The summed E-state index contributed by atoms with van der Waals surface area (Å²) < 4.78 is 0. The van der Waals surface area contributed by atoms with E-state index in [0.717, 1.165) is 31.7 Å². The quantitative estimate of drug-likeness (QED) is 0.849. The Bertz CT molecular complexity index is 724. The Morgan fingerprint density at radius 3 is 3.04 bits per heavy atom. The van der Waals surface area contributed by atoms with Gasteiger partial charge in [0.15, 0.2) is 0 Å². The summed E-state index contributed by atoms with van der Waals surface area (Å²) in [6, 6.07) is 2.21. The predicted molar refractivity (Wildman–Crippen MR) is 89.7 cm³/mol. The average molecular weight is 325 g/mol. The standard InChI is InChI=1S/C17H19N5S/c18-8-13-9-19-11-20-16(13)22-7-3-4-12(10-22)17-21-14-5-1-2-6-15(14)23-17/h9,11-12H,1-7,10H2/t12-/m1/s1. The Hall–Kier alpha value is -2.00. The summed E-state index contributed by atoms with van der Waals surface area (Å²) in [5, 5.41) is 10.6. The largest absolute Gasteiger partial charge is 0.355 e. The van der Waals surface area contributed by atoms with Crippen molar-refractivity contribution in [3.05, 3.63) is 33.7 Å². The second kappa shape index (κ2) is 6.25. The molecule has 2 aromatic heterocycles. The van der Waals surface area contributed by atoms with E-state index in [1.165, 1.54) is 47.6 Å². The maximum Gasteiger partial charge on any atom is 0.149 e. The van der Waals surface area contributed by atoms with Crippen LogP contribution in [-0.4, -0.2) is 28.0 Å². The van der Waals surface area contributed by atoms with Crippen molar-refractivity contribution in [2.45, 2.75) is 44.4 Å². The molecule has 1 fully saturated rings. The van der Waals surface area contributed by atoms with Crippen LogP contribution in [0.5, 0.6) is 0 Å². The number of thiazole rings is 1. The SMILES string of the molecule is N#Cc1cncnc1N1CCC[C@@H](c2nc3c(s2)CCCC3)C1. The molecule has 23 heavy (non-hydrogen) atoms. The lowest BCUT2D eigenvalue weighted by atomic mass is 9.98. The fourth-order valence-corrected chi connectivity index (χ4v) is 4.85.